The molecule has 0 aromatic heterocycles. The molecule has 0 unspecified atom stereocenters. The van der Waals surface area contributed by atoms with E-state index in [0.717, 1.165) is 10.9 Å². The Kier molecular flexibility index (Phi) is 3.99. The molecule has 0 amide bonds. The van der Waals surface area contributed by atoms with Gasteiger partial charge in [-0.05, 0) is 43.5 Å². The molecule has 21 heavy (non-hydrogen) atoms. The summed E-state index contributed by atoms with van der Waals surface area (Å²) in [6.45, 7) is 7.13. The van der Waals surface area contributed by atoms with Crippen molar-refractivity contribution >= 4 is 31.4 Å². The van der Waals surface area contributed by atoms with E-state index in [2.05, 4.69) is 6.58 Å². The first kappa shape index (κ1) is 15.8. The second-order valence-electron chi connectivity index (χ2n) is 5.53. The Morgan fingerprint density at radius 1 is 1.38 bits per heavy atom. The third kappa shape index (κ3) is 2.75. The molecule has 0 fully saturated rings. The molecule has 1 aromatic carbocycles. The van der Waals surface area contributed by atoms with E-state index in [1.54, 1.807) is 32.0 Å². The minimum absolute atomic E-state index is 0.190. The second kappa shape index (κ2) is 5.31. The molecule has 0 saturated heterocycles. The van der Waals surface area contributed by atoms with E-state index in [4.69, 9.17) is 0 Å². The van der Waals surface area contributed by atoms with Gasteiger partial charge in [0.2, 0.25) is 20.3 Å². The summed E-state index contributed by atoms with van der Waals surface area (Å²) in [5.74, 6) is 0. The van der Waals surface area contributed by atoms with Gasteiger partial charge in [-0.2, -0.15) is 8.42 Å². The molecule has 0 radical (unpaired) electrons. The number of hydrogen-bond acceptors (Lipinski definition) is 4. The van der Waals surface area contributed by atoms with Crippen molar-refractivity contribution in [1.82, 2.24) is 0 Å². The lowest BCUT2D eigenvalue weighted by Gasteiger charge is -2.39. The standard InChI is InChI=1S/C14H17NO4S2/c1-4-7-15-13-6-5-11(10-20(16)17)8-12(13)9-14(2,3)21(15,18)19/h4-6,8,10H,1,7,9H2,2-3H3. The average molecular weight is 327 g/mol. The number of rotatable bonds is 3. The maximum absolute atomic E-state index is 12.6. The SMILES string of the molecule is C=CCN1c2ccc(C=S(=O)=O)cc2CC(C)(C)S1(=O)=O. The van der Waals surface area contributed by atoms with E-state index < -0.39 is 25.1 Å². The molecule has 2 rings (SSSR count). The number of benzene rings is 1. The van der Waals surface area contributed by atoms with Gasteiger partial charge in [0.05, 0.1) is 22.3 Å². The van der Waals surface area contributed by atoms with E-state index in [-0.39, 0.29) is 6.54 Å². The van der Waals surface area contributed by atoms with Gasteiger partial charge in [-0.25, -0.2) is 8.42 Å². The summed E-state index contributed by atoms with van der Waals surface area (Å²) in [5, 5.41) is 1.11. The molecule has 0 aliphatic carbocycles. The van der Waals surface area contributed by atoms with Gasteiger partial charge in [0.1, 0.15) is 0 Å². The fraction of sp³-hybridized carbons (Fsp3) is 0.357. The molecule has 1 aliphatic heterocycles. The van der Waals surface area contributed by atoms with Crippen LogP contribution >= 0.6 is 0 Å². The van der Waals surface area contributed by atoms with Gasteiger partial charge < -0.3 is 0 Å². The zero-order valence-electron chi connectivity index (χ0n) is 11.9. The van der Waals surface area contributed by atoms with Crippen molar-refractivity contribution in [2.75, 3.05) is 10.8 Å². The fourth-order valence-corrected chi connectivity index (χ4v) is 4.51. The summed E-state index contributed by atoms with van der Waals surface area (Å²) in [4.78, 5) is 0. The molecule has 114 valence electrons. The van der Waals surface area contributed by atoms with E-state index in [0.29, 0.717) is 17.7 Å². The molecule has 1 heterocycles. The van der Waals surface area contributed by atoms with Crippen LogP contribution in [0.4, 0.5) is 5.69 Å². The molecule has 1 aliphatic rings. The highest BCUT2D eigenvalue weighted by atomic mass is 32.2. The summed E-state index contributed by atoms with van der Waals surface area (Å²) in [6.07, 6.45) is 1.88. The first-order valence-corrected chi connectivity index (χ1v) is 8.96. The van der Waals surface area contributed by atoms with Crippen molar-refractivity contribution in [1.29, 1.82) is 0 Å². The molecule has 0 saturated carbocycles. The average Bonchev–Trinajstić information content (AvgIpc) is 2.34. The van der Waals surface area contributed by atoms with Crippen LogP contribution in [0.5, 0.6) is 0 Å². The van der Waals surface area contributed by atoms with Crippen molar-refractivity contribution in [3.63, 3.8) is 0 Å². The highest BCUT2D eigenvalue weighted by Crippen LogP contribution is 2.38. The molecule has 0 bridgehead atoms. The molecule has 0 spiro atoms. The Hall–Kier alpha value is -1.60. The Labute approximate surface area is 126 Å². The lowest BCUT2D eigenvalue weighted by Crippen LogP contribution is -2.50. The van der Waals surface area contributed by atoms with Gasteiger partial charge >= 0.3 is 0 Å². The van der Waals surface area contributed by atoms with E-state index >= 15 is 0 Å². The predicted octanol–water partition coefficient (Wildman–Crippen LogP) is 1.37. The van der Waals surface area contributed by atoms with Gasteiger partial charge in [0.15, 0.2) is 0 Å². The van der Waals surface area contributed by atoms with Gasteiger partial charge in [0, 0.05) is 0 Å². The summed E-state index contributed by atoms with van der Waals surface area (Å²) in [5.41, 5.74) is 1.94. The van der Waals surface area contributed by atoms with Crippen molar-refractivity contribution in [3.8, 4) is 0 Å². The Morgan fingerprint density at radius 3 is 2.62 bits per heavy atom. The zero-order valence-corrected chi connectivity index (χ0v) is 13.5. The topological polar surface area (TPSA) is 71.5 Å². The first-order valence-electron chi connectivity index (χ1n) is 6.38. The van der Waals surface area contributed by atoms with Crippen LogP contribution in [0.3, 0.4) is 0 Å². The summed E-state index contributed by atoms with van der Waals surface area (Å²) in [6, 6.07) is 4.96. The lowest BCUT2D eigenvalue weighted by molar-refractivity contribution is 0.534. The minimum atomic E-state index is -3.48. The number of nitrogens with zero attached hydrogens (tertiary/aromatic N) is 1. The predicted molar refractivity (Wildman–Crippen MR) is 84.8 cm³/mol. The fourth-order valence-electron chi connectivity index (χ4n) is 2.47. The number of fused-ring (bicyclic) bond motifs is 1. The normalized spacial score (nSPS) is 18.7. The summed E-state index contributed by atoms with van der Waals surface area (Å²) >= 11 is 0. The van der Waals surface area contributed by atoms with Crippen LogP contribution in [0.25, 0.3) is 0 Å². The first-order chi connectivity index (χ1) is 9.69. The van der Waals surface area contributed by atoms with E-state index in [1.807, 2.05) is 0 Å². The molecular formula is C14H17NO4S2. The minimum Gasteiger partial charge on any atom is -0.266 e. The highest BCUT2D eigenvalue weighted by molar-refractivity contribution is 7.94. The molecule has 1 aromatic rings. The Morgan fingerprint density at radius 2 is 2.05 bits per heavy atom. The third-order valence-corrected chi connectivity index (χ3v) is 6.44. The quantitative estimate of drug-likeness (QED) is 0.621. The third-order valence-electron chi connectivity index (χ3n) is 3.50. The maximum Gasteiger partial charge on any atom is 0.240 e. The summed E-state index contributed by atoms with van der Waals surface area (Å²) in [7, 11) is -5.77. The van der Waals surface area contributed by atoms with E-state index in [1.165, 1.54) is 10.4 Å². The van der Waals surface area contributed by atoms with Gasteiger partial charge in [-0.1, -0.05) is 12.1 Å². The number of anilines is 1. The Balaban J connectivity index is 2.67. The highest BCUT2D eigenvalue weighted by Gasteiger charge is 2.44. The van der Waals surface area contributed by atoms with Gasteiger partial charge in [0.25, 0.3) is 0 Å². The van der Waals surface area contributed by atoms with Crippen LogP contribution in [0, 0.1) is 0 Å². The van der Waals surface area contributed by atoms with Gasteiger partial charge in [-0.3, -0.25) is 4.31 Å². The summed E-state index contributed by atoms with van der Waals surface area (Å²) < 4.78 is 47.1. The van der Waals surface area contributed by atoms with Crippen molar-refractivity contribution in [3.05, 3.63) is 42.0 Å². The van der Waals surface area contributed by atoms with Crippen LogP contribution < -0.4 is 4.31 Å². The number of sulfonamides is 1. The molecule has 0 atom stereocenters. The second-order valence-corrected chi connectivity index (χ2v) is 8.78. The smallest absolute Gasteiger partial charge is 0.240 e. The maximum atomic E-state index is 12.6. The molecule has 0 N–H and O–H groups in total. The van der Waals surface area contributed by atoms with Crippen LogP contribution in [-0.2, 0) is 26.7 Å². The van der Waals surface area contributed by atoms with Crippen molar-refractivity contribution in [2.24, 2.45) is 0 Å². The zero-order chi connectivity index (χ0) is 15.8. The van der Waals surface area contributed by atoms with Crippen LogP contribution in [-0.4, -0.2) is 33.5 Å². The van der Waals surface area contributed by atoms with Crippen molar-refractivity contribution < 1.29 is 16.8 Å². The molecule has 7 heteroatoms. The molecular weight excluding hydrogens is 310 g/mol. The lowest BCUT2D eigenvalue weighted by atomic mass is 9.98. The van der Waals surface area contributed by atoms with Crippen LogP contribution in [0.15, 0.2) is 30.9 Å². The largest absolute Gasteiger partial charge is 0.266 e. The van der Waals surface area contributed by atoms with Crippen LogP contribution in [0.1, 0.15) is 25.0 Å². The van der Waals surface area contributed by atoms with Gasteiger partial charge in [-0.15, -0.1) is 6.58 Å². The molecule has 5 nitrogen and oxygen atoms in total. The number of hydrogen-bond donors (Lipinski definition) is 0. The van der Waals surface area contributed by atoms with Crippen molar-refractivity contribution in [2.45, 2.75) is 25.0 Å². The van der Waals surface area contributed by atoms with Crippen LogP contribution in [0.2, 0.25) is 0 Å². The monoisotopic (exact) mass is 327 g/mol. The Bertz CT molecular complexity index is 813. The van der Waals surface area contributed by atoms with E-state index in [9.17, 15) is 16.8 Å².